The number of halogens is 3. The summed E-state index contributed by atoms with van der Waals surface area (Å²) in [6.07, 6.45) is -4.31. The molecular formula is C13H19F3N2O. The summed E-state index contributed by atoms with van der Waals surface area (Å²) in [5.74, 6) is 0. The van der Waals surface area contributed by atoms with Crippen molar-refractivity contribution >= 4 is 5.69 Å². The van der Waals surface area contributed by atoms with Gasteiger partial charge in [-0.05, 0) is 17.7 Å². The Balaban J connectivity index is 2.86. The Morgan fingerprint density at radius 2 is 1.95 bits per heavy atom. The van der Waals surface area contributed by atoms with Crippen LogP contribution < -0.4 is 10.2 Å². The minimum absolute atomic E-state index is 0.509. The van der Waals surface area contributed by atoms with Crippen molar-refractivity contribution in [3.05, 3.63) is 29.3 Å². The van der Waals surface area contributed by atoms with Gasteiger partial charge in [0.15, 0.2) is 0 Å². The molecule has 0 unspecified atom stereocenters. The molecule has 6 heteroatoms. The number of hydrogen-bond acceptors (Lipinski definition) is 3. The summed E-state index contributed by atoms with van der Waals surface area (Å²) in [6.45, 7) is 1.73. The second kappa shape index (κ2) is 6.77. The van der Waals surface area contributed by atoms with Gasteiger partial charge in [0.2, 0.25) is 0 Å². The van der Waals surface area contributed by atoms with Crippen molar-refractivity contribution in [3.8, 4) is 0 Å². The lowest BCUT2D eigenvalue weighted by molar-refractivity contribution is -0.137. The molecule has 0 aliphatic carbocycles. The number of ether oxygens (including phenoxy) is 1. The highest BCUT2D eigenvalue weighted by atomic mass is 19.4. The second-order valence-corrected chi connectivity index (χ2v) is 4.41. The topological polar surface area (TPSA) is 24.5 Å². The number of anilines is 1. The first-order valence-corrected chi connectivity index (χ1v) is 5.93. The van der Waals surface area contributed by atoms with E-state index in [2.05, 4.69) is 5.32 Å². The maximum Gasteiger partial charge on any atom is 0.416 e. The van der Waals surface area contributed by atoms with Crippen LogP contribution in [0.5, 0.6) is 0 Å². The number of rotatable bonds is 6. The van der Waals surface area contributed by atoms with Gasteiger partial charge in [-0.25, -0.2) is 0 Å². The van der Waals surface area contributed by atoms with Crippen LogP contribution in [0.1, 0.15) is 11.1 Å². The molecule has 0 radical (unpaired) electrons. The standard InChI is InChI=1S/C13H19F3N2O/c1-18(2)12-8-11(13(14,15)16)5-4-10(12)9-17-6-7-19-3/h4-5,8,17H,6-7,9H2,1-3H3. The summed E-state index contributed by atoms with van der Waals surface area (Å²) in [4.78, 5) is 1.68. The Bertz CT molecular complexity index is 405. The van der Waals surface area contributed by atoms with Gasteiger partial charge in [-0.15, -0.1) is 0 Å². The molecule has 0 heterocycles. The number of methoxy groups -OCH3 is 1. The minimum Gasteiger partial charge on any atom is -0.383 e. The lowest BCUT2D eigenvalue weighted by Gasteiger charge is -2.20. The zero-order chi connectivity index (χ0) is 14.5. The highest BCUT2D eigenvalue weighted by Crippen LogP contribution is 2.32. The number of nitrogens with zero attached hydrogens (tertiary/aromatic N) is 1. The van der Waals surface area contributed by atoms with Crippen LogP contribution in [0.4, 0.5) is 18.9 Å². The molecule has 0 amide bonds. The largest absolute Gasteiger partial charge is 0.416 e. The molecule has 108 valence electrons. The fraction of sp³-hybridized carbons (Fsp3) is 0.538. The molecule has 19 heavy (non-hydrogen) atoms. The van der Waals surface area contributed by atoms with Crippen molar-refractivity contribution in [2.45, 2.75) is 12.7 Å². The van der Waals surface area contributed by atoms with Gasteiger partial charge >= 0.3 is 6.18 Å². The quantitative estimate of drug-likeness (QED) is 0.808. The van der Waals surface area contributed by atoms with E-state index in [1.54, 1.807) is 26.1 Å². The SMILES string of the molecule is COCCNCc1ccc(C(F)(F)F)cc1N(C)C. The highest BCUT2D eigenvalue weighted by Gasteiger charge is 2.31. The molecule has 0 aromatic heterocycles. The third-order valence-electron chi connectivity index (χ3n) is 2.69. The van der Waals surface area contributed by atoms with E-state index in [0.717, 1.165) is 11.6 Å². The van der Waals surface area contributed by atoms with Crippen LogP contribution in [0.2, 0.25) is 0 Å². The predicted octanol–water partition coefficient (Wildman–Crippen LogP) is 2.51. The molecule has 3 nitrogen and oxygen atoms in total. The maximum atomic E-state index is 12.7. The molecule has 0 bridgehead atoms. The van der Waals surface area contributed by atoms with Crippen molar-refractivity contribution in [2.75, 3.05) is 39.3 Å². The van der Waals surface area contributed by atoms with Crippen molar-refractivity contribution in [3.63, 3.8) is 0 Å². The second-order valence-electron chi connectivity index (χ2n) is 4.41. The highest BCUT2D eigenvalue weighted by molar-refractivity contribution is 5.55. The van der Waals surface area contributed by atoms with Crippen molar-refractivity contribution in [2.24, 2.45) is 0 Å². The fourth-order valence-corrected chi connectivity index (χ4v) is 1.70. The van der Waals surface area contributed by atoms with Gasteiger partial charge < -0.3 is 15.0 Å². The molecule has 0 saturated heterocycles. The minimum atomic E-state index is -4.31. The Labute approximate surface area is 111 Å². The van der Waals surface area contributed by atoms with Crippen LogP contribution in [-0.2, 0) is 17.5 Å². The van der Waals surface area contributed by atoms with E-state index in [4.69, 9.17) is 4.74 Å². The number of hydrogen-bond donors (Lipinski definition) is 1. The van der Waals surface area contributed by atoms with E-state index >= 15 is 0 Å². The fourth-order valence-electron chi connectivity index (χ4n) is 1.70. The van der Waals surface area contributed by atoms with E-state index in [1.807, 2.05) is 0 Å². The third-order valence-corrected chi connectivity index (χ3v) is 2.69. The number of nitrogens with one attached hydrogen (secondary N) is 1. The third kappa shape index (κ3) is 4.72. The van der Waals surface area contributed by atoms with E-state index < -0.39 is 11.7 Å². The molecule has 1 N–H and O–H groups in total. The average Bonchev–Trinajstić information content (AvgIpc) is 2.33. The summed E-state index contributed by atoms with van der Waals surface area (Å²) in [7, 11) is 5.06. The van der Waals surface area contributed by atoms with Crippen LogP contribution >= 0.6 is 0 Å². The first-order chi connectivity index (χ1) is 8.86. The van der Waals surface area contributed by atoms with E-state index in [1.165, 1.54) is 12.1 Å². The van der Waals surface area contributed by atoms with Gasteiger partial charge in [0.25, 0.3) is 0 Å². The Morgan fingerprint density at radius 1 is 1.26 bits per heavy atom. The predicted molar refractivity (Wildman–Crippen MR) is 69.4 cm³/mol. The van der Waals surface area contributed by atoms with Crippen LogP contribution in [0.15, 0.2) is 18.2 Å². The summed E-state index contributed by atoms with van der Waals surface area (Å²) in [5, 5.41) is 3.12. The van der Waals surface area contributed by atoms with E-state index in [0.29, 0.717) is 25.4 Å². The Kier molecular flexibility index (Phi) is 5.62. The summed E-state index contributed by atoms with van der Waals surface area (Å²) < 4.78 is 42.9. The summed E-state index contributed by atoms with van der Waals surface area (Å²) >= 11 is 0. The van der Waals surface area contributed by atoms with Crippen LogP contribution in [-0.4, -0.2) is 34.4 Å². The first-order valence-electron chi connectivity index (χ1n) is 5.93. The molecule has 1 aromatic rings. The van der Waals surface area contributed by atoms with Gasteiger partial charge in [0.05, 0.1) is 12.2 Å². The summed E-state index contributed by atoms with van der Waals surface area (Å²) in [6, 6.07) is 3.80. The Morgan fingerprint density at radius 3 is 2.47 bits per heavy atom. The molecule has 0 aliphatic heterocycles. The van der Waals surface area contributed by atoms with E-state index in [-0.39, 0.29) is 0 Å². The molecule has 0 aliphatic rings. The van der Waals surface area contributed by atoms with Crippen molar-refractivity contribution in [1.82, 2.24) is 5.32 Å². The van der Waals surface area contributed by atoms with Crippen molar-refractivity contribution < 1.29 is 17.9 Å². The molecule has 0 atom stereocenters. The zero-order valence-electron chi connectivity index (χ0n) is 11.3. The molecule has 1 aromatic carbocycles. The first kappa shape index (κ1) is 15.8. The monoisotopic (exact) mass is 276 g/mol. The van der Waals surface area contributed by atoms with Gasteiger partial charge in [0, 0.05) is 40.0 Å². The number of alkyl halides is 3. The molecule has 0 saturated carbocycles. The van der Waals surface area contributed by atoms with Crippen LogP contribution in [0, 0.1) is 0 Å². The zero-order valence-corrected chi connectivity index (χ0v) is 11.3. The smallest absolute Gasteiger partial charge is 0.383 e. The van der Waals surface area contributed by atoms with Gasteiger partial charge in [-0.3, -0.25) is 0 Å². The molecule has 1 rings (SSSR count). The van der Waals surface area contributed by atoms with Gasteiger partial charge in [-0.1, -0.05) is 6.07 Å². The van der Waals surface area contributed by atoms with Crippen molar-refractivity contribution in [1.29, 1.82) is 0 Å². The maximum absolute atomic E-state index is 12.7. The van der Waals surface area contributed by atoms with Crippen LogP contribution in [0.25, 0.3) is 0 Å². The van der Waals surface area contributed by atoms with Gasteiger partial charge in [-0.2, -0.15) is 13.2 Å². The average molecular weight is 276 g/mol. The molecular weight excluding hydrogens is 257 g/mol. The normalized spacial score (nSPS) is 11.7. The Hall–Kier alpha value is -1.27. The summed E-state index contributed by atoms with van der Waals surface area (Å²) in [5.41, 5.74) is 0.769. The lowest BCUT2D eigenvalue weighted by atomic mass is 10.1. The molecule has 0 fully saturated rings. The van der Waals surface area contributed by atoms with E-state index in [9.17, 15) is 13.2 Å². The lowest BCUT2D eigenvalue weighted by Crippen LogP contribution is -2.21. The van der Waals surface area contributed by atoms with Crippen LogP contribution in [0.3, 0.4) is 0 Å². The van der Waals surface area contributed by atoms with Gasteiger partial charge in [0.1, 0.15) is 0 Å². The number of benzene rings is 1. The molecule has 0 spiro atoms.